The maximum Gasteiger partial charge on any atom is 0.304 e. The van der Waals surface area contributed by atoms with E-state index in [1.54, 1.807) is 6.20 Å². The Morgan fingerprint density at radius 1 is 1.44 bits per heavy atom. The second-order valence-corrected chi connectivity index (χ2v) is 4.96. The maximum atomic E-state index is 10.7. The summed E-state index contributed by atoms with van der Waals surface area (Å²) in [6.45, 7) is 6.66. The molecule has 0 spiro atoms. The van der Waals surface area contributed by atoms with Gasteiger partial charge in [0.05, 0.1) is 6.42 Å². The minimum atomic E-state index is -0.740. The number of carboxylic acid groups (broad SMARTS) is 1. The van der Waals surface area contributed by atoms with Crippen molar-refractivity contribution in [1.29, 1.82) is 0 Å². The summed E-state index contributed by atoms with van der Waals surface area (Å²) in [5, 5.41) is 8.77. The Morgan fingerprint density at radius 2 is 2.22 bits per heavy atom. The second-order valence-electron chi connectivity index (χ2n) is 4.96. The molecule has 1 N–H and O–H groups in total. The van der Waals surface area contributed by atoms with E-state index in [9.17, 15) is 4.79 Å². The maximum absolute atomic E-state index is 10.7. The minimum Gasteiger partial charge on any atom is -0.481 e. The molecule has 1 heterocycles. The van der Waals surface area contributed by atoms with Crippen molar-refractivity contribution in [3.8, 4) is 0 Å². The van der Waals surface area contributed by atoms with E-state index >= 15 is 0 Å². The third kappa shape index (κ3) is 6.35. The molecule has 0 aromatic carbocycles. The first-order chi connectivity index (χ1) is 8.58. The molecule has 1 rings (SSSR count). The third-order valence-corrected chi connectivity index (χ3v) is 2.79. The molecule has 0 aliphatic carbocycles. The minimum absolute atomic E-state index is 0.193. The molecule has 1 aromatic heterocycles. The quantitative estimate of drug-likeness (QED) is 0.769. The molecule has 0 saturated heterocycles. The number of pyridine rings is 1. The molecule has 0 atom stereocenters. The predicted octanol–water partition coefficient (Wildman–Crippen LogP) is 2.40. The first-order valence-electron chi connectivity index (χ1n) is 6.41. The number of rotatable bonds is 8. The van der Waals surface area contributed by atoms with E-state index in [2.05, 4.69) is 23.7 Å². The van der Waals surface area contributed by atoms with Crippen LogP contribution >= 0.6 is 0 Å². The van der Waals surface area contributed by atoms with E-state index in [-0.39, 0.29) is 6.42 Å². The Bertz CT molecular complexity index is 352. The van der Waals surface area contributed by atoms with Crippen molar-refractivity contribution in [2.45, 2.75) is 33.2 Å². The topological polar surface area (TPSA) is 53.4 Å². The van der Waals surface area contributed by atoms with Gasteiger partial charge in [-0.15, -0.1) is 0 Å². The van der Waals surface area contributed by atoms with Crippen molar-refractivity contribution in [2.24, 2.45) is 5.92 Å². The van der Waals surface area contributed by atoms with Gasteiger partial charge in [0.2, 0.25) is 0 Å². The number of hydrogen-bond donors (Lipinski definition) is 1. The van der Waals surface area contributed by atoms with Crippen LogP contribution in [0.5, 0.6) is 0 Å². The van der Waals surface area contributed by atoms with Gasteiger partial charge in [-0.2, -0.15) is 0 Å². The largest absolute Gasteiger partial charge is 0.481 e. The van der Waals surface area contributed by atoms with E-state index in [1.165, 1.54) is 0 Å². The van der Waals surface area contributed by atoms with E-state index in [0.717, 1.165) is 25.1 Å². The van der Waals surface area contributed by atoms with Crippen LogP contribution in [0.2, 0.25) is 0 Å². The molecule has 0 fully saturated rings. The number of hydrogen-bond acceptors (Lipinski definition) is 3. The Kier molecular flexibility index (Phi) is 6.36. The summed E-state index contributed by atoms with van der Waals surface area (Å²) in [6.07, 6.45) is 4.86. The molecule has 4 heteroatoms. The van der Waals surface area contributed by atoms with Crippen molar-refractivity contribution >= 4 is 5.97 Å². The molecule has 0 radical (unpaired) electrons. The highest BCUT2D eigenvalue weighted by Gasteiger charge is 2.09. The fourth-order valence-corrected chi connectivity index (χ4v) is 1.71. The number of carboxylic acids is 1. The summed E-state index contributed by atoms with van der Waals surface area (Å²) in [6, 6.07) is 3.93. The number of aliphatic carboxylic acids is 1. The summed E-state index contributed by atoms with van der Waals surface area (Å²) in [4.78, 5) is 16.9. The summed E-state index contributed by atoms with van der Waals surface area (Å²) in [5.41, 5.74) is 1.13. The van der Waals surface area contributed by atoms with E-state index in [1.807, 2.05) is 18.3 Å². The zero-order valence-electron chi connectivity index (χ0n) is 11.2. The van der Waals surface area contributed by atoms with Crippen molar-refractivity contribution in [3.05, 3.63) is 30.1 Å². The van der Waals surface area contributed by atoms with Gasteiger partial charge in [0, 0.05) is 25.5 Å². The third-order valence-electron chi connectivity index (χ3n) is 2.79. The molecule has 4 nitrogen and oxygen atoms in total. The first kappa shape index (κ1) is 14.6. The van der Waals surface area contributed by atoms with Crippen molar-refractivity contribution in [2.75, 3.05) is 13.1 Å². The highest BCUT2D eigenvalue weighted by molar-refractivity contribution is 5.66. The van der Waals surface area contributed by atoms with Crippen LogP contribution in [0.3, 0.4) is 0 Å². The average Bonchev–Trinajstić information content (AvgIpc) is 2.33. The van der Waals surface area contributed by atoms with Gasteiger partial charge < -0.3 is 5.11 Å². The van der Waals surface area contributed by atoms with Crippen LogP contribution in [0, 0.1) is 5.92 Å². The lowest BCUT2D eigenvalue weighted by atomic mass is 10.1. The average molecular weight is 250 g/mol. The molecular weight excluding hydrogens is 228 g/mol. The SMILES string of the molecule is CC(C)CCN(CCC(=O)O)Cc1cccnc1. The zero-order valence-corrected chi connectivity index (χ0v) is 11.2. The molecule has 0 bridgehead atoms. The molecule has 1 aromatic rings. The van der Waals surface area contributed by atoms with Gasteiger partial charge in [0.25, 0.3) is 0 Å². The normalized spacial score (nSPS) is 11.1. The summed E-state index contributed by atoms with van der Waals surface area (Å²) in [5.74, 6) is -0.109. The first-order valence-corrected chi connectivity index (χ1v) is 6.41. The smallest absolute Gasteiger partial charge is 0.304 e. The van der Waals surface area contributed by atoms with Gasteiger partial charge >= 0.3 is 5.97 Å². The second kappa shape index (κ2) is 7.82. The van der Waals surface area contributed by atoms with E-state index < -0.39 is 5.97 Å². The van der Waals surface area contributed by atoms with Crippen LogP contribution in [0.15, 0.2) is 24.5 Å². The van der Waals surface area contributed by atoms with Crippen LogP contribution in [0.4, 0.5) is 0 Å². The van der Waals surface area contributed by atoms with Crippen molar-refractivity contribution in [1.82, 2.24) is 9.88 Å². The Hall–Kier alpha value is -1.42. The van der Waals surface area contributed by atoms with Gasteiger partial charge in [-0.25, -0.2) is 0 Å². The van der Waals surface area contributed by atoms with Crippen LogP contribution in [-0.2, 0) is 11.3 Å². The summed E-state index contributed by atoms with van der Waals surface area (Å²) >= 11 is 0. The van der Waals surface area contributed by atoms with Gasteiger partial charge in [0.15, 0.2) is 0 Å². The van der Waals surface area contributed by atoms with Gasteiger partial charge in [-0.1, -0.05) is 19.9 Å². The molecule has 18 heavy (non-hydrogen) atoms. The van der Waals surface area contributed by atoms with Gasteiger partial charge in [0.1, 0.15) is 0 Å². The molecule has 100 valence electrons. The Labute approximate surface area is 109 Å². The number of aromatic nitrogens is 1. The Morgan fingerprint density at radius 3 is 2.78 bits per heavy atom. The lowest BCUT2D eigenvalue weighted by Gasteiger charge is -2.22. The fraction of sp³-hybridized carbons (Fsp3) is 0.571. The van der Waals surface area contributed by atoms with Crippen LogP contribution in [0.25, 0.3) is 0 Å². The zero-order chi connectivity index (χ0) is 13.4. The van der Waals surface area contributed by atoms with Crippen LogP contribution < -0.4 is 0 Å². The van der Waals surface area contributed by atoms with E-state index in [0.29, 0.717) is 12.5 Å². The van der Waals surface area contributed by atoms with E-state index in [4.69, 9.17) is 5.11 Å². The number of carbonyl (C=O) groups is 1. The van der Waals surface area contributed by atoms with Crippen LogP contribution in [-0.4, -0.2) is 34.0 Å². The Balaban J connectivity index is 2.50. The molecule has 0 amide bonds. The highest BCUT2D eigenvalue weighted by Crippen LogP contribution is 2.08. The molecule has 0 unspecified atom stereocenters. The lowest BCUT2D eigenvalue weighted by molar-refractivity contribution is -0.137. The standard InChI is InChI=1S/C14H22N2O2/c1-12(2)5-8-16(9-6-14(17)18)11-13-4-3-7-15-10-13/h3-4,7,10,12H,5-6,8-9,11H2,1-2H3,(H,17,18). The lowest BCUT2D eigenvalue weighted by Crippen LogP contribution is -2.28. The monoisotopic (exact) mass is 250 g/mol. The van der Waals surface area contributed by atoms with Gasteiger partial charge in [-0.3, -0.25) is 14.7 Å². The summed E-state index contributed by atoms with van der Waals surface area (Å²) in [7, 11) is 0. The molecule has 0 saturated carbocycles. The molecule has 0 aliphatic heterocycles. The predicted molar refractivity (Wildman–Crippen MR) is 71.2 cm³/mol. The highest BCUT2D eigenvalue weighted by atomic mass is 16.4. The van der Waals surface area contributed by atoms with Crippen molar-refractivity contribution < 1.29 is 9.90 Å². The van der Waals surface area contributed by atoms with Crippen molar-refractivity contribution in [3.63, 3.8) is 0 Å². The van der Waals surface area contributed by atoms with Gasteiger partial charge in [-0.05, 0) is 30.5 Å². The fourth-order valence-electron chi connectivity index (χ4n) is 1.71. The number of nitrogens with zero attached hydrogens (tertiary/aromatic N) is 2. The van der Waals surface area contributed by atoms with Crippen LogP contribution in [0.1, 0.15) is 32.3 Å². The molecule has 0 aliphatic rings. The summed E-state index contributed by atoms with van der Waals surface area (Å²) < 4.78 is 0. The molecular formula is C14H22N2O2.